The van der Waals surface area contributed by atoms with Crippen LogP contribution in [0.5, 0.6) is 0 Å². The Kier molecular flexibility index (Phi) is 7.98. The van der Waals surface area contributed by atoms with Crippen molar-refractivity contribution >= 4 is 17.7 Å². The Morgan fingerprint density at radius 1 is 1.03 bits per heavy atom. The Hall–Kier alpha value is -3.82. The summed E-state index contributed by atoms with van der Waals surface area (Å²) >= 11 is 0. The van der Waals surface area contributed by atoms with Gasteiger partial charge in [-0.3, -0.25) is 10.4 Å². The number of anilines is 1. The molecule has 3 N–H and O–H groups in total. The highest BCUT2D eigenvalue weighted by Crippen LogP contribution is 2.20. The third-order valence-corrected chi connectivity index (χ3v) is 3.67. The number of carbonyl (C=O) groups excluding carboxylic acids is 1. The zero-order valence-electron chi connectivity index (χ0n) is 15.5. The van der Waals surface area contributed by atoms with E-state index in [1.165, 1.54) is 0 Å². The lowest BCUT2D eigenvalue weighted by molar-refractivity contribution is -0.192. The number of aliphatic carboxylic acids is 1. The number of carboxylic acids is 1. The third-order valence-electron chi connectivity index (χ3n) is 3.67. The molecule has 10 heteroatoms. The minimum atomic E-state index is -5.08. The molecule has 0 bridgehead atoms. The molecule has 0 aliphatic heterocycles. The summed E-state index contributed by atoms with van der Waals surface area (Å²) in [5, 5.41) is 16.5. The van der Waals surface area contributed by atoms with E-state index in [2.05, 4.69) is 15.5 Å². The molecule has 0 aliphatic carbocycles. The van der Waals surface area contributed by atoms with Crippen molar-refractivity contribution in [2.45, 2.75) is 12.6 Å². The molecule has 1 heterocycles. The van der Waals surface area contributed by atoms with Crippen molar-refractivity contribution < 1.29 is 32.6 Å². The fraction of sp³-hybridized carbons (Fsp3) is 0.150. The number of ether oxygens (including phenoxy) is 1. The van der Waals surface area contributed by atoms with Gasteiger partial charge in [-0.25, -0.2) is 9.59 Å². The highest BCUT2D eigenvalue weighted by Gasteiger charge is 2.38. The number of nitrogens with zero attached hydrogens (tertiary/aromatic N) is 1. The van der Waals surface area contributed by atoms with Gasteiger partial charge in [-0.2, -0.15) is 18.3 Å². The third kappa shape index (κ3) is 7.66. The normalized spacial score (nSPS) is 10.5. The SMILES string of the molecule is O=C(Nc1ccc(-c2cn[nH]c2)cc1)OCCc1ccccc1.O=C(O)C(F)(F)F. The number of hydrogen-bond donors (Lipinski definition) is 3. The number of aromatic amines is 1. The number of hydrogen-bond acceptors (Lipinski definition) is 4. The Labute approximate surface area is 169 Å². The zero-order chi connectivity index (χ0) is 22.0. The van der Waals surface area contributed by atoms with Gasteiger partial charge in [-0.15, -0.1) is 0 Å². The smallest absolute Gasteiger partial charge is 0.475 e. The Balaban J connectivity index is 0.000000396. The highest BCUT2D eigenvalue weighted by atomic mass is 19.4. The number of amides is 1. The van der Waals surface area contributed by atoms with E-state index in [0.717, 1.165) is 16.7 Å². The topological polar surface area (TPSA) is 104 Å². The lowest BCUT2D eigenvalue weighted by atomic mass is 10.1. The highest BCUT2D eigenvalue weighted by molar-refractivity contribution is 5.85. The molecule has 30 heavy (non-hydrogen) atoms. The van der Waals surface area contributed by atoms with Crippen LogP contribution in [0.2, 0.25) is 0 Å². The quantitative estimate of drug-likeness (QED) is 0.563. The van der Waals surface area contributed by atoms with Gasteiger partial charge in [-0.05, 0) is 23.3 Å². The van der Waals surface area contributed by atoms with E-state index in [9.17, 15) is 18.0 Å². The van der Waals surface area contributed by atoms with Gasteiger partial charge in [0, 0.05) is 23.9 Å². The van der Waals surface area contributed by atoms with Crippen LogP contribution in [0.3, 0.4) is 0 Å². The number of alkyl halides is 3. The molecule has 158 valence electrons. The minimum Gasteiger partial charge on any atom is -0.475 e. The van der Waals surface area contributed by atoms with Gasteiger partial charge in [0.2, 0.25) is 0 Å². The molecular weight excluding hydrogens is 403 g/mol. The van der Waals surface area contributed by atoms with Gasteiger partial charge < -0.3 is 9.84 Å². The van der Waals surface area contributed by atoms with E-state index in [1.54, 1.807) is 6.20 Å². The number of aromatic nitrogens is 2. The summed E-state index contributed by atoms with van der Waals surface area (Å²) in [6.45, 7) is 0.350. The van der Waals surface area contributed by atoms with E-state index in [-0.39, 0.29) is 0 Å². The van der Waals surface area contributed by atoms with Crippen molar-refractivity contribution in [3.8, 4) is 11.1 Å². The van der Waals surface area contributed by atoms with Gasteiger partial charge in [-0.1, -0.05) is 42.5 Å². The van der Waals surface area contributed by atoms with Crippen LogP contribution in [-0.2, 0) is 16.0 Å². The second kappa shape index (κ2) is 10.6. The molecule has 0 spiro atoms. The summed E-state index contributed by atoms with van der Waals surface area (Å²) in [5.74, 6) is -2.76. The van der Waals surface area contributed by atoms with Crippen molar-refractivity contribution in [2.75, 3.05) is 11.9 Å². The fourth-order valence-electron chi connectivity index (χ4n) is 2.21. The maximum absolute atomic E-state index is 11.8. The molecule has 7 nitrogen and oxygen atoms in total. The molecule has 0 saturated carbocycles. The lowest BCUT2D eigenvalue weighted by Crippen LogP contribution is -2.21. The molecule has 0 unspecified atom stereocenters. The first-order valence-electron chi connectivity index (χ1n) is 8.63. The van der Waals surface area contributed by atoms with Crippen LogP contribution in [0, 0.1) is 0 Å². The van der Waals surface area contributed by atoms with Gasteiger partial charge in [0.25, 0.3) is 0 Å². The molecule has 0 atom stereocenters. The molecule has 1 amide bonds. The first-order chi connectivity index (χ1) is 14.3. The standard InChI is InChI=1S/C18H17N3O2.C2HF3O2/c22-18(23-11-10-14-4-2-1-3-5-14)21-17-8-6-15(7-9-17)16-12-19-20-13-16;3-2(4,5)1(6)7/h1-9,12-13H,10-11H2,(H,19,20)(H,21,22);(H,6,7). The summed E-state index contributed by atoms with van der Waals surface area (Å²) in [4.78, 5) is 20.7. The second-order valence-electron chi connectivity index (χ2n) is 5.86. The summed E-state index contributed by atoms with van der Waals surface area (Å²) in [5.41, 5.74) is 3.87. The number of nitrogens with one attached hydrogen (secondary N) is 2. The van der Waals surface area contributed by atoms with E-state index in [0.29, 0.717) is 18.7 Å². The minimum absolute atomic E-state index is 0.350. The van der Waals surface area contributed by atoms with Crippen LogP contribution >= 0.6 is 0 Å². The number of carboxylic acid groups (broad SMARTS) is 1. The van der Waals surface area contributed by atoms with Gasteiger partial charge in [0.1, 0.15) is 0 Å². The van der Waals surface area contributed by atoms with E-state index in [1.807, 2.05) is 60.8 Å². The van der Waals surface area contributed by atoms with E-state index >= 15 is 0 Å². The number of H-pyrrole nitrogens is 1. The van der Waals surface area contributed by atoms with E-state index in [4.69, 9.17) is 14.6 Å². The van der Waals surface area contributed by atoms with Crippen LogP contribution in [0.4, 0.5) is 23.7 Å². The first-order valence-corrected chi connectivity index (χ1v) is 8.63. The van der Waals surface area contributed by atoms with Gasteiger partial charge in [0.15, 0.2) is 0 Å². The Bertz CT molecular complexity index is 928. The molecule has 3 rings (SSSR count). The fourth-order valence-corrected chi connectivity index (χ4v) is 2.21. The van der Waals surface area contributed by atoms with Crippen molar-refractivity contribution in [3.05, 3.63) is 72.6 Å². The Morgan fingerprint density at radius 3 is 2.20 bits per heavy atom. The zero-order valence-corrected chi connectivity index (χ0v) is 15.5. The molecular formula is C20H18F3N3O4. The maximum Gasteiger partial charge on any atom is 0.490 e. The van der Waals surface area contributed by atoms with E-state index < -0.39 is 18.2 Å². The number of halogens is 3. The summed E-state index contributed by atoms with van der Waals surface area (Å²) in [7, 11) is 0. The molecule has 0 radical (unpaired) electrons. The molecule has 0 saturated heterocycles. The molecule has 3 aromatic rings. The predicted octanol–water partition coefficient (Wildman–Crippen LogP) is 4.50. The monoisotopic (exact) mass is 421 g/mol. The van der Waals surface area contributed by atoms with Gasteiger partial charge >= 0.3 is 18.2 Å². The lowest BCUT2D eigenvalue weighted by Gasteiger charge is -2.07. The average molecular weight is 421 g/mol. The molecule has 2 aromatic carbocycles. The number of rotatable bonds is 5. The van der Waals surface area contributed by atoms with Crippen molar-refractivity contribution in [2.24, 2.45) is 0 Å². The van der Waals surface area contributed by atoms with Crippen LogP contribution < -0.4 is 5.32 Å². The second-order valence-corrected chi connectivity index (χ2v) is 5.86. The average Bonchev–Trinajstić information content (AvgIpc) is 3.24. The van der Waals surface area contributed by atoms with Crippen molar-refractivity contribution in [1.29, 1.82) is 0 Å². The predicted molar refractivity (Wildman–Crippen MR) is 103 cm³/mol. The van der Waals surface area contributed by atoms with Crippen molar-refractivity contribution in [1.82, 2.24) is 10.2 Å². The van der Waals surface area contributed by atoms with Crippen molar-refractivity contribution in [3.63, 3.8) is 0 Å². The summed E-state index contributed by atoms with van der Waals surface area (Å²) in [6.07, 6.45) is -1.26. The van der Waals surface area contributed by atoms with Crippen LogP contribution in [0.15, 0.2) is 67.0 Å². The summed E-state index contributed by atoms with van der Waals surface area (Å²) in [6, 6.07) is 17.4. The molecule has 0 aliphatic rings. The number of benzene rings is 2. The summed E-state index contributed by atoms with van der Waals surface area (Å²) < 4.78 is 36.9. The van der Waals surface area contributed by atoms with Crippen LogP contribution in [0.1, 0.15) is 5.56 Å². The maximum atomic E-state index is 11.8. The van der Waals surface area contributed by atoms with Crippen LogP contribution in [0.25, 0.3) is 11.1 Å². The Morgan fingerprint density at radius 2 is 1.67 bits per heavy atom. The first kappa shape index (κ1) is 22.5. The van der Waals surface area contributed by atoms with Crippen LogP contribution in [-0.4, -0.2) is 40.1 Å². The molecule has 1 aromatic heterocycles. The number of carbonyl (C=O) groups is 2. The molecule has 0 fully saturated rings. The largest absolute Gasteiger partial charge is 0.490 e. The van der Waals surface area contributed by atoms with Gasteiger partial charge in [0.05, 0.1) is 12.8 Å².